The molecule has 4 aromatic carbocycles. The summed E-state index contributed by atoms with van der Waals surface area (Å²) in [5.74, 6) is -3.17. The van der Waals surface area contributed by atoms with Gasteiger partial charge in [0.15, 0.2) is 0 Å². The molecule has 0 bridgehead atoms. The molecule has 1 aliphatic rings. The van der Waals surface area contributed by atoms with Gasteiger partial charge in [0.05, 0.1) is 4.92 Å². The lowest BCUT2D eigenvalue weighted by molar-refractivity contribution is -0.384. The smallest absolute Gasteiger partial charge is 0.449 e. The standard InChI is InChI=1S/C41H44N6O13S/c1-24(2)36(46-40(51)58-22-34-32-10-5-3-8-30(32)31-9-4-6-11-33(31)34)38(49)45-35(12-7-19-43-39(42)50)37(48)44-27-14-13-25(26(20-27)23-61(55,56)57)21-59-41(52)60-29-17-15-28(16-18-29)47(53)54/h3-6,8-11,13-18,20,24,34-36H,7,12,19,21-23H2,1-2H3,(H,44,48)(H,45,49)(H,46,51)(H3,42,43,50)(H,55,56,57)/t35-,36-/m0/s1. The number of urea groups is 1. The number of nitro groups is 1. The molecule has 4 aromatic rings. The fourth-order valence-corrected chi connectivity index (χ4v) is 7.31. The largest absolute Gasteiger partial charge is 0.514 e. The molecule has 5 amide bonds. The van der Waals surface area contributed by atoms with Gasteiger partial charge in [0.1, 0.15) is 36.8 Å². The molecule has 0 saturated carbocycles. The first-order valence-corrected chi connectivity index (χ1v) is 20.5. The molecule has 0 unspecified atom stereocenters. The Balaban J connectivity index is 1.25. The van der Waals surface area contributed by atoms with Gasteiger partial charge in [-0.2, -0.15) is 8.42 Å². The average molecular weight is 861 g/mol. The summed E-state index contributed by atoms with van der Waals surface area (Å²) in [5, 5.41) is 21.2. The highest BCUT2D eigenvalue weighted by Crippen LogP contribution is 2.44. The topological polar surface area (TPSA) is 285 Å². The van der Waals surface area contributed by atoms with Crippen LogP contribution in [0.15, 0.2) is 91.0 Å². The Kier molecular flexibility index (Phi) is 15.0. The van der Waals surface area contributed by atoms with Crippen molar-refractivity contribution >= 4 is 51.6 Å². The van der Waals surface area contributed by atoms with Crippen molar-refractivity contribution in [3.05, 3.63) is 123 Å². The van der Waals surface area contributed by atoms with Gasteiger partial charge in [-0.05, 0) is 76.4 Å². The van der Waals surface area contributed by atoms with E-state index in [1.807, 2.05) is 48.5 Å². The van der Waals surface area contributed by atoms with Crippen LogP contribution >= 0.6 is 0 Å². The Labute approximate surface area is 350 Å². The maximum Gasteiger partial charge on any atom is 0.514 e. The summed E-state index contributed by atoms with van der Waals surface area (Å²) >= 11 is 0. The van der Waals surface area contributed by atoms with Crippen molar-refractivity contribution in [2.75, 3.05) is 18.5 Å². The molecule has 0 radical (unpaired) electrons. The van der Waals surface area contributed by atoms with Crippen LogP contribution < -0.4 is 31.7 Å². The number of hydrogen-bond acceptors (Lipinski definition) is 12. The molecule has 322 valence electrons. The minimum absolute atomic E-state index is 0.000930. The summed E-state index contributed by atoms with van der Waals surface area (Å²) in [5.41, 5.74) is 9.11. The second kappa shape index (κ2) is 20.3. The Hall–Kier alpha value is -7.06. The summed E-state index contributed by atoms with van der Waals surface area (Å²) in [6.07, 6.45) is -1.92. The number of rotatable bonds is 18. The van der Waals surface area contributed by atoms with E-state index in [4.69, 9.17) is 19.9 Å². The highest BCUT2D eigenvalue weighted by atomic mass is 32.2. The lowest BCUT2D eigenvalue weighted by Gasteiger charge is -2.25. The molecule has 0 spiro atoms. The number of hydrogen-bond donors (Lipinski definition) is 6. The zero-order valence-corrected chi connectivity index (χ0v) is 33.8. The third-order valence-electron chi connectivity index (χ3n) is 9.57. The number of non-ortho nitro benzene ring substituents is 1. The fourth-order valence-electron chi connectivity index (χ4n) is 6.65. The number of nitrogens with zero attached hydrogens (tertiary/aromatic N) is 1. The van der Waals surface area contributed by atoms with Gasteiger partial charge in [0, 0.05) is 30.3 Å². The Morgan fingerprint density at radius 2 is 1.49 bits per heavy atom. The van der Waals surface area contributed by atoms with Crippen LogP contribution in [0.25, 0.3) is 11.1 Å². The van der Waals surface area contributed by atoms with Gasteiger partial charge in [-0.1, -0.05) is 68.4 Å². The van der Waals surface area contributed by atoms with Gasteiger partial charge in [-0.3, -0.25) is 24.3 Å². The van der Waals surface area contributed by atoms with E-state index in [1.54, 1.807) is 13.8 Å². The molecule has 7 N–H and O–H groups in total. The quantitative estimate of drug-likeness (QED) is 0.0189. The van der Waals surface area contributed by atoms with E-state index in [9.17, 15) is 47.1 Å². The molecule has 2 atom stereocenters. The Bertz CT molecular complexity index is 2350. The van der Waals surface area contributed by atoms with E-state index in [0.717, 1.165) is 34.4 Å². The maximum atomic E-state index is 13.7. The Morgan fingerprint density at radius 3 is 2.08 bits per heavy atom. The van der Waals surface area contributed by atoms with Crippen molar-refractivity contribution in [2.45, 2.75) is 57.1 Å². The van der Waals surface area contributed by atoms with Crippen molar-refractivity contribution in [1.29, 1.82) is 0 Å². The van der Waals surface area contributed by atoms with Crippen molar-refractivity contribution in [1.82, 2.24) is 16.0 Å². The molecule has 5 rings (SSSR count). The van der Waals surface area contributed by atoms with E-state index in [-0.39, 0.29) is 60.2 Å². The number of nitro benzene ring substituents is 1. The number of carbonyl (C=O) groups excluding carboxylic acids is 5. The monoisotopic (exact) mass is 860 g/mol. The summed E-state index contributed by atoms with van der Waals surface area (Å²) in [4.78, 5) is 74.5. The number of carbonyl (C=O) groups is 5. The number of nitrogens with two attached hydrogens (primary N) is 1. The van der Waals surface area contributed by atoms with Crippen LogP contribution in [0.5, 0.6) is 5.75 Å². The maximum absolute atomic E-state index is 13.7. The normalized spacial score (nSPS) is 12.9. The molecule has 0 aromatic heterocycles. The molecule has 0 aliphatic heterocycles. The molecule has 0 fully saturated rings. The van der Waals surface area contributed by atoms with E-state index in [0.29, 0.717) is 0 Å². The van der Waals surface area contributed by atoms with Crippen LogP contribution in [-0.2, 0) is 41.5 Å². The van der Waals surface area contributed by atoms with Crippen LogP contribution in [-0.4, -0.2) is 73.2 Å². The third-order valence-corrected chi connectivity index (χ3v) is 10.2. The molecule has 19 nitrogen and oxygen atoms in total. The van der Waals surface area contributed by atoms with Crippen LogP contribution in [0.1, 0.15) is 54.9 Å². The molecule has 1 aliphatic carbocycles. The number of amides is 5. The molecular formula is C41H44N6O13S. The van der Waals surface area contributed by atoms with Crippen LogP contribution in [0, 0.1) is 16.0 Å². The van der Waals surface area contributed by atoms with E-state index in [1.165, 1.54) is 30.3 Å². The minimum Gasteiger partial charge on any atom is -0.449 e. The first kappa shape index (κ1) is 45.0. The number of ether oxygens (including phenoxy) is 3. The highest BCUT2D eigenvalue weighted by Gasteiger charge is 2.32. The van der Waals surface area contributed by atoms with Gasteiger partial charge in [-0.25, -0.2) is 14.4 Å². The molecule has 20 heteroatoms. The Morgan fingerprint density at radius 1 is 0.852 bits per heavy atom. The first-order chi connectivity index (χ1) is 29.0. The lowest BCUT2D eigenvalue weighted by Crippen LogP contribution is -2.54. The van der Waals surface area contributed by atoms with Crippen molar-refractivity contribution in [3.63, 3.8) is 0 Å². The summed E-state index contributed by atoms with van der Waals surface area (Å²) in [6, 6.07) is 20.9. The predicted molar refractivity (Wildman–Crippen MR) is 220 cm³/mol. The van der Waals surface area contributed by atoms with Crippen molar-refractivity contribution in [2.24, 2.45) is 11.7 Å². The zero-order valence-electron chi connectivity index (χ0n) is 33.0. The average Bonchev–Trinajstić information content (AvgIpc) is 3.52. The summed E-state index contributed by atoms with van der Waals surface area (Å²) < 4.78 is 49.3. The molecular weight excluding hydrogens is 817 g/mol. The molecule has 0 saturated heterocycles. The van der Waals surface area contributed by atoms with E-state index < -0.39 is 75.5 Å². The lowest BCUT2D eigenvalue weighted by atomic mass is 9.98. The molecule has 0 heterocycles. The summed E-state index contributed by atoms with van der Waals surface area (Å²) in [6.45, 7) is 2.90. The zero-order chi connectivity index (χ0) is 44.3. The van der Waals surface area contributed by atoms with Crippen molar-refractivity contribution in [3.8, 4) is 16.9 Å². The number of primary amides is 1. The minimum atomic E-state index is -4.65. The number of nitrogens with one attached hydrogen (secondary N) is 4. The number of benzene rings is 4. The fraction of sp³-hybridized carbons (Fsp3) is 0.293. The second-order valence-electron chi connectivity index (χ2n) is 14.3. The SMILES string of the molecule is CC(C)[C@H](NC(=O)OCC1c2ccccc2-c2ccccc21)C(=O)N[C@@H](CCCNC(N)=O)C(=O)Nc1ccc(COC(=O)Oc2ccc([N+](=O)[O-])cc2)c(CS(=O)(=O)O)c1. The van der Waals surface area contributed by atoms with Crippen molar-refractivity contribution < 1.29 is 56.1 Å². The highest BCUT2D eigenvalue weighted by molar-refractivity contribution is 7.85. The third kappa shape index (κ3) is 12.7. The predicted octanol–water partition coefficient (Wildman–Crippen LogP) is 5.13. The first-order valence-electron chi connectivity index (χ1n) is 18.9. The number of fused-ring (bicyclic) bond motifs is 3. The van der Waals surface area contributed by atoms with Gasteiger partial charge in [-0.15, -0.1) is 0 Å². The van der Waals surface area contributed by atoms with E-state index >= 15 is 0 Å². The second-order valence-corrected chi connectivity index (χ2v) is 15.7. The number of alkyl carbamates (subject to hydrolysis) is 1. The van der Waals surface area contributed by atoms with Gasteiger partial charge in [0.2, 0.25) is 11.8 Å². The molecule has 61 heavy (non-hydrogen) atoms. The van der Waals surface area contributed by atoms with Crippen LogP contribution in [0.3, 0.4) is 0 Å². The number of anilines is 1. The van der Waals surface area contributed by atoms with Gasteiger partial charge >= 0.3 is 18.3 Å². The van der Waals surface area contributed by atoms with Gasteiger partial charge in [0.25, 0.3) is 15.8 Å². The van der Waals surface area contributed by atoms with E-state index in [2.05, 4.69) is 21.3 Å². The van der Waals surface area contributed by atoms with Crippen LogP contribution in [0.2, 0.25) is 0 Å². The summed E-state index contributed by atoms with van der Waals surface area (Å²) in [7, 11) is -4.65. The van der Waals surface area contributed by atoms with Crippen LogP contribution in [0.4, 0.5) is 25.8 Å². The van der Waals surface area contributed by atoms with Gasteiger partial charge < -0.3 is 41.2 Å².